The maximum absolute atomic E-state index is 12.2. The number of carboxylic acids is 1. The van der Waals surface area contributed by atoms with E-state index in [0.717, 1.165) is 9.88 Å². The van der Waals surface area contributed by atoms with Gasteiger partial charge in [0.2, 0.25) is 5.91 Å². The highest BCUT2D eigenvalue weighted by atomic mass is 32.1. The highest BCUT2D eigenvalue weighted by molar-refractivity contribution is 7.11. The summed E-state index contributed by atoms with van der Waals surface area (Å²) in [6.45, 7) is 1.92. The molecule has 0 aliphatic rings. The first-order valence-corrected chi connectivity index (χ1v) is 8.36. The molecule has 0 bridgehead atoms. The number of carboxylic acid groups (broad SMARTS) is 1. The molecule has 2 N–H and O–H groups in total. The lowest BCUT2D eigenvalue weighted by Crippen LogP contribution is -2.30. The van der Waals surface area contributed by atoms with Gasteiger partial charge in [-0.15, -0.1) is 11.3 Å². The van der Waals surface area contributed by atoms with Crippen molar-refractivity contribution in [2.45, 2.75) is 32.2 Å². The van der Waals surface area contributed by atoms with Gasteiger partial charge in [-0.3, -0.25) is 9.59 Å². The van der Waals surface area contributed by atoms with Gasteiger partial charge in [0.15, 0.2) is 0 Å². The minimum Gasteiger partial charge on any atom is -0.497 e. The predicted molar refractivity (Wildman–Crippen MR) is 91.3 cm³/mol. The highest BCUT2D eigenvalue weighted by Crippen LogP contribution is 2.22. The smallest absolute Gasteiger partial charge is 0.305 e. The molecule has 6 nitrogen and oxygen atoms in total. The summed E-state index contributed by atoms with van der Waals surface area (Å²) in [7, 11) is 1.54. The molecule has 1 aromatic carbocycles. The number of aryl methyl sites for hydroxylation is 2. The van der Waals surface area contributed by atoms with Crippen LogP contribution in [0.4, 0.5) is 0 Å². The number of carbonyl (C=O) groups is 2. The van der Waals surface area contributed by atoms with Gasteiger partial charge >= 0.3 is 5.97 Å². The maximum atomic E-state index is 12.2. The third-order valence-electron chi connectivity index (χ3n) is 3.48. The second-order valence-corrected chi connectivity index (χ2v) is 6.66. The molecular formula is C17H20N2O4S. The van der Waals surface area contributed by atoms with E-state index < -0.39 is 12.0 Å². The Balaban J connectivity index is 2.01. The molecule has 0 radical (unpaired) electrons. The fraction of sp³-hybridized carbons (Fsp3) is 0.353. The van der Waals surface area contributed by atoms with Crippen LogP contribution in [0.15, 0.2) is 30.5 Å². The molecule has 2 rings (SSSR count). The quantitative estimate of drug-likeness (QED) is 0.766. The molecule has 1 heterocycles. The first-order chi connectivity index (χ1) is 11.5. The molecule has 1 atom stereocenters. The molecule has 0 saturated carbocycles. The number of amides is 1. The van der Waals surface area contributed by atoms with Crippen molar-refractivity contribution < 1.29 is 19.4 Å². The van der Waals surface area contributed by atoms with E-state index in [1.54, 1.807) is 48.9 Å². The van der Waals surface area contributed by atoms with Gasteiger partial charge in [-0.1, -0.05) is 12.1 Å². The number of hydrogen-bond donors (Lipinski definition) is 2. The molecule has 0 spiro atoms. The largest absolute Gasteiger partial charge is 0.497 e. The van der Waals surface area contributed by atoms with Gasteiger partial charge in [-0.05, 0) is 31.0 Å². The minimum absolute atomic E-state index is 0.182. The van der Waals surface area contributed by atoms with Gasteiger partial charge in [0, 0.05) is 17.5 Å². The monoisotopic (exact) mass is 348 g/mol. The van der Waals surface area contributed by atoms with Crippen molar-refractivity contribution in [2.24, 2.45) is 0 Å². The van der Waals surface area contributed by atoms with Gasteiger partial charge < -0.3 is 15.2 Å². The fourth-order valence-electron chi connectivity index (χ4n) is 2.31. The third-order valence-corrected chi connectivity index (χ3v) is 4.45. The second kappa shape index (κ2) is 8.44. The number of benzene rings is 1. The van der Waals surface area contributed by atoms with Gasteiger partial charge in [-0.2, -0.15) is 0 Å². The van der Waals surface area contributed by atoms with E-state index in [9.17, 15) is 9.59 Å². The number of ether oxygens (including phenoxy) is 1. The molecule has 1 amide bonds. The van der Waals surface area contributed by atoms with Gasteiger partial charge in [0.1, 0.15) is 5.75 Å². The standard InChI is InChI=1S/C17H20N2O4S/c1-11-18-10-14(24-11)6-7-16(20)19-15(9-17(21)22)12-4-3-5-13(8-12)23-2/h3-5,8,10,15H,6-7,9H2,1-2H3,(H,19,20)(H,21,22). The summed E-state index contributed by atoms with van der Waals surface area (Å²) in [6.07, 6.45) is 2.47. The lowest BCUT2D eigenvalue weighted by Gasteiger charge is -2.18. The van der Waals surface area contributed by atoms with Crippen LogP contribution in [0.5, 0.6) is 5.75 Å². The van der Waals surface area contributed by atoms with E-state index in [1.807, 2.05) is 6.92 Å². The third kappa shape index (κ3) is 5.34. The van der Waals surface area contributed by atoms with E-state index in [2.05, 4.69) is 10.3 Å². The van der Waals surface area contributed by atoms with E-state index in [0.29, 0.717) is 24.2 Å². The Bertz CT molecular complexity index is 714. The summed E-state index contributed by atoms with van der Waals surface area (Å²) in [5.74, 6) is -0.534. The summed E-state index contributed by atoms with van der Waals surface area (Å²) in [6, 6.07) is 6.47. The zero-order valence-corrected chi connectivity index (χ0v) is 14.4. The number of methoxy groups -OCH3 is 1. The summed E-state index contributed by atoms with van der Waals surface area (Å²) in [5.41, 5.74) is 0.707. The van der Waals surface area contributed by atoms with E-state index >= 15 is 0 Å². The van der Waals surface area contributed by atoms with Crippen LogP contribution in [0, 0.1) is 6.92 Å². The zero-order chi connectivity index (χ0) is 17.5. The Morgan fingerprint density at radius 1 is 1.42 bits per heavy atom. The molecule has 24 heavy (non-hydrogen) atoms. The van der Waals surface area contributed by atoms with E-state index in [-0.39, 0.29) is 12.3 Å². The zero-order valence-electron chi connectivity index (χ0n) is 13.6. The van der Waals surface area contributed by atoms with Gasteiger partial charge in [0.05, 0.1) is 24.6 Å². The van der Waals surface area contributed by atoms with Crippen molar-refractivity contribution in [2.75, 3.05) is 7.11 Å². The normalized spacial score (nSPS) is 11.8. The second-order valence-electron chi connectivity index (χ2n) is 5.34. The van der Waals surface area contributed by atoms with Crippen molar-refractivity contribution in [3.05, 3.63) is 45.9 Å². The highest BCUT2D eigenvalue weighted by Gasteiger charge is 2.18. The Labute approximate surface area is 144 Å². The lowest BCUT2D eigenvalue weighted by molar-refractivity contribution is -0.137. The maximum Gasteiger partial charge on any atom is 0.305 e. The van der Waals surface area contributed by atoms with Gasteiger partial charge in [-0.25, -0.2) is 4.98 Å². The molecule has 1 unspecified atom stereocenters. The Hall–Kier alpha value is -2.41. The van der Waals surface area contributed by atoms with Crippen LogP contribution in [0.1, 0.15) is 34.3 Å². The summed E-state index contributed by atoms with van der Waals surface area (Å²) in [5, 5.41) is 12.9. The van der Waals surface area contributed by atoms with Crippen LogP contribution in [-0.4, -0.2) is 29.1 Å². The first-order valence-electron chi connectivity index (χ1n) is 7.54. The number of hydrogen-bond acceptors (Lipinski definition) is 5. The van der Waals surface area contributed by atoms with Crippen LogP contribution in [0.25, 0.3) is 0 Å². The van der Waals surface area contributed by atoms with Crippen molar-refractivity contribution in [3.63, 3.8) is 0 Å². The van der Waals surface area contributed by atoms with Crippen molar-refractivity contribution in [1.82, 2.24) is 10.3 Å². The molecule has 0 aliphatic heterocycles. The fourth-order valence-corrected chi connectivity index (χ4v) is 3.10. The molecule has 2 aromatic rings. The average molecular weight is 348 g/mol. The number of aromatic nitrogens is 1. The number of rotatable bonds is 8. The van der Waals surface area contributed by atoms with Crippen LogP contribution >= 0.6 is 11.3 Å². The molecule has 7 heteroatoms. The average Bonchev–Trinajstić information content (AvgIpc) is 2.97. The molecule has 0 saturated heterocycles. The molecule has 128 valence electrons. The number of nitrogens with one attached hydrogen (secondary N) is 1. The summed E-state index contributed by atoms with van der Waals surface area (Å²) >= 11 is 1.56. The van der Waals surface area contributed by atoms with Crippen molar-refractivity contribution >= 4 is 23.2 Å². The van der Waals surface area contributed by atoms with Crippen LogP contribution in [-0.2, 0) is 16.0 Å². The predicted octanol–water partition coefficient (Wildman–Crippen LogP) is 2.72. The minimum atomic E-state index is -0.971. The van der Waals surface area contributed by atoms with Crippen LogP contribution in [0.2, 0.25) is 0 Å². The number of carbonyl (C=O) groups excluding carboxylic acids is 1. The van der Waals surface area contributed by atoms with Crippen molar-refractivity contribution in [3.8, 4) is 5.75 Å². The van der Waals surface area contributed by atoms with E-state index in [4.69, 9.17) is 9.84 Å². The van der Waals surface area contributed by atoms with Crippen LogP contribution < -0.4 is 10.1 Å². The topological polar surface area (TPSA) is 88.5 Å². The SMILES string of the molecule is COc1cccc(C(CC(=O)O)NC(=O)CCc2cnc(C)s2)c1. The lowest BCUT2D eigenvalue weighted by atomic mass is 10.0. The summed E-state index contributed by atoms with van der Waals surface area (Å²) < 4.78 is 5.16. The molecule has 0 aliphatic carbocycles. The Morgan fingerprint density at radius 3 is 2.83 bits per heavy atom. The Morgan fingerprint density at radius 2 is 2.21 bits per heavy atom. The summed E-state index contributed by atoms with van der Waals surface area (Å²) in [4.78, 5) is 28.5. The number of nitrogens with zero attached hydrogens (tertiary/aromatic N) is 1. The number of thiazole rings is 1. The van der Waals surface area contributed by atoms with Crippen LogP contribution in [0.3, 0.4) is 0 Å². The Kier molecular flexibility index (Phi) is 6.31. The van der Waals surface area contributed by atoms with Gasteiger partial charge in [0.25, 0.3) is 0 Å². The molecular weight excluding hydrogens is 328 g/mol. The molecule has 0 fully saturated rings. The molecule has 1 aromatic heterocycles. The van der Waals surface area contributed by atoms with E-state index in [1.165, 1.54) is 0 Å². The number of aliphatic carboxylic acids is 1. The first kappa shape index (κ1) is 17.9. The van der Waals surface area contributed by atoms with Crippen molar-refractivity contribution in [1.29, 1.82) is 0 Å².